The van der Waals surface area contributed by atoms with Gasteiger partial charge in [0.2, 0.25) is 0 Å². The van der Waals surface area contributed by atoms with Crippen LogP contribution in [0.25, 0.3) is 0 Å². The molecule has 1 rings (SSSR count). The summed E-state index contributed by atoms with van der Waals surface area (Å²) >= 11 is 1.72. The minimum atomic E-state index is -0.308. The summed E-state index contributed by atoms with van der Waals surface area (Å²) in [5.41, 5.74) is 1.10. The van der Waals surface area contributed by atoms with Crippen molar-refractivity contribution in [2.75, 3.05) is 6.54 Å². The lowest BCUT2D eigenvalue weighted by Crippen LogP contribution is -2.27. The molecule has 0 fully saturated rings. The van der Waals surface area contributed by atoms with Crippen molar-refractivity contribution in [1.82, 2.24) is 10.3 Å². The van der Waals surface area contributed by atoms with Crippen LogP contribution >= 0.6 is 11.3 Å². The van der Waals surface area contributed by atoms with E-state index in [1.807, 2.05) is 6.92 Å². The zero-order valence-corrected chi connectivity index (χ0v) is 9.98. The summed E-state index contributed by atoms with van der Waals surface area (Å²) in [6.07, 6.45) is -0.308. The van der Waals surface area contributed by atoms with Gasteiger partial charge in [-0.15, -0.1) is 11.3 Å². The molecule has 0 bridgehead atoms. The predicted molar refractivity (Wildman–Crippen MR) is 59.7 cm³/mol. The maximum Gasteiger partial charge on any atom is 0.0900 e. The van der Waals surface area contributed by atoms with Gasteiger partial charge in [0.25, 0.3) is 0 Å². The molecule has 1 aromatic rings. The molecule has 14 heavy (non-hydrogen) atoms. The number of hydrogen-bond acceptors (Lipinski definition) is 4. The number of aliphatic hydroxyl groups excluding tert-OH is 1. The number of aryl methyl sites for hydroxylation is 2. The maximum atomic E-state index is 9.14. The number of nitrogens with zero attached hydrogens (tertiary/aromatic N) is 1. The normalized spacial score (nSPS) is 15.5. The number of nitrogens with one attached hydrogen (secondary N) is 1. The van der Waals surface area contributed by atoms with Crippen molar-refractivity contribution in [2.45, 2.75) is 39.8 Å². The fraction of sp³-hybridized carbons (Fsp3) is 0.700. The number of thiazole rings is 1. The molecule has 0 radical (unpaired) electrons. The Hall–Kier alpha value is -0.450. The van der Waals surface area contributed by atoms with Crippen molar-refractivity contribution in [3.8, 4) is 0 Å². The summed E-state index contributed by atoms with van der Waals surface area (Å²) in [6, 6.07) is 0.217. The maximum absolute atomic E-state index is 9.14. The first-order valence-electron chi connectivity index (χ1n) is 4.86. The summed E-state index contributed by atoms with van der Waals surface area (Å²) in [7, 11) is 0. The standard InChI is InChI=1S/C10H18N2OS/c1-6(13)5-11-7(2)10-8(3)14-9(4)12-10/h6-7,11,13H,5H2,1-4H3/t6-,7?/m0/s1. The van der Waals surface area contributed by atoms with Gasteiger partial charge in [-0.25, -0.2) is 4.98 Å². The van der Waals surface area contributed by atoms with Gasteiger partial charge in [0.05, 0.1) is 16.8 Å². The van der Waals surface area contributed by atoms with Crippen LogP contribution in [0, 0.1) is 13.8 Å². The molecule has 2 N–H and O–H groups in total. The predicted octanol–water partition coefficient (Wildman–Crippen LogP) is 1.79. The SMILES string of the molecule is Cc1nc(C(C)NC[C@H](C)O)c(C)s1. The fourth-order valence-electron chi connectivity index (χ4n) is 1.39. The summed E-state index contributed by atoms with van der Waals surface area (Å²) in [6.45, 7) is 8.56. The van der Waals surface area contributed by atoms with Crippen LogP contribution in [0.4, 0.5) is 0 Å². The fourth-order valence-corrected chi connectivity index (χ4v) is 2.30. The first-order valence-corrected chi connectivity index (χ1v) is 5.67. The monoisotopic (exact) mass is 214 g/mol. The second kappa shape index (κ2) is 4.87. The van der Waals surface area contributed by atoms with Crippen molar-refractivity contribution in [3.05, 3.63) is 15.6 Å². The largest absolute Gasteiger partial charge is 0.392 e. The molecule has 0 aliphatic rings. The van der Waals surface area contributed by atoms with Crippen LogP contribution in [0.15, 0.2) is 0 Å². The van der Waals surface area contributed by atoms with E-state index < -0.39 is 0 Å². The third kappa shape index (κ3) is 3.04. The Bertz CT molecular complexity index is 296. The summed E-state index contributed by atoms with van der Waals surface area (Å²) in [5.74, 6) is 0. The average molecular weight is 214 g/mol. The Morgan fingerprint density at radius 3 is 2.50 bits per heavy atom. The van der Waals surface area contributed by atoms with Crippen LogP contribution in [0.3, 0.4) is 0 Å². The number of aromatic nitrogens is 1. The van der Waals surface area contributed by atoms with E-state index in [0.717, 1.165) is 10.7 Å². The first-order chi connectivity index (χ1) is 6.50. The lowest BCUT2D eigenvalue weighted by atomic mass is 10.2. The number of rotatable bonds is 4. The Kier molecular flexibility index (Phi) is 4.04. The van der Waals surface area contributed by atoms with Gasteiger partial charge in [0, 0.05) is 17.5 Å². The van der Waals surface area contributed by atoms with Gasteiger partial charge in [-0.05, 0) is 27.7 Å². The van der Waals surface area contributed by atoms with Gasteiger partial charge < -0.3 is 10.4 Å². The average Bonchev–Trinajstić information content (AvgIpc) is 2.41. The van der Waals surface area contributed by atoms with Gasteiger partial charge >= 0.3 is 0 Å². The molecule has 0 aromatic carbocycles. The molecule has 4 heteroatoms. The Morgan fingerprint density at radius 2 is 2.07 bits per heavy atom. The minimum Gasteiger partial charge on any atom is -0.392 e. The second-order valence-corrected chi connectivity index (χ2v) is 5.06. The van der Waals surface area contributed by atoms with E-state index in [1.54, 1.807) is 18.3 Å². The molecule has 80 valence electrons. The van der Waals surface area contributed by atoms with E-state index >= 15 is 0 Å². The molecule has 0 aliphatic carbocycles. The molecule has 1 heterocycles. The lowest BCUT2D eigenvalue weighted by Gasteiger charge is -2.13. The zero-order chi connectivity index (χ0) is 10.7. The van der Waals surface area contributed by atoms with E-state index in [-0.39, 0.29) is 12.1 Å². The molecule has 0 spiro atoms. The molecule has 0 saturated heterocycles. The lowest BCUT2D eigenvalue weighted by molar-refractivity contribution is 0.187. The van der Waals surface area contributed by atoms with Gasteiger partial charge in [0.15, 0.2) is 0 Å². The minimum absolute atomic E-state index is 0.217. The Morgan fingerprint density at radius 1 is 1.43 bits per heavy atom. The highest BCUT2D eigenvalue weighted by Gasteiger charge is 2.12. The molecule has 1 unspecified atom stereocenters. The molecule has 3 nitrogen and oxygen atoms in total. The van der Waals surface area contributed by atoms with E-state index in [1.165, 1.54) is 4.88 Å². The van der Waals surface area contributed by atoms with Gasteiger partial charge in [-0.3, -0.25) is 0 Å². The van der Waals surface area contributed by atoms with E-state index in [2.05, 4.69) is 24.1 Å². The van der Waals surface area contributed by atoms with Gasteiger partial charge in [0.1, 0.15) is 0 Å². The Labute approximate surface area is 89.2 Å². The van der Waals surface area contributed by atoms with Gasteiger partial charge in [-0.2, -0.15) is 0 Å². The molecule has 0 saturated carbocycles. The molecule has 0 aliphatic heterocycles. The summed E-state index contributed by atoms with van der Waals surface area (Å²) < 4.78 is 0. The smallest absolute Gasteiger partial charge is 0.0900 e. The summed E-state index contributed by atoms with van der Waals surface area (Å²) in [4.78, 5) is 5.72. The van der Waals surface area contributed by atoms with Crippen molar-refractivity contribution in [3.63, 3.8) is 0 Å². The van der Waals surface area contributed by atoms with E-state index in [9.17, 15) is 0 Å². The molecular weight excluding hydrogens is 196 g/mol. The van der Waals surface area contributed by atoms with Crippen LogP contribution in [-0.2, 0) is 0 Å². The van der Waals surface area contributed by atoms with Crippen molar-refractivity contribution in [2.24, 2.45) is 0 Å². The van der Waals surface area contributed by atoms with E-state index in [0.29, 0.717) is 6.54 Å². The highest BCUT2D eigenvalue weighted by atomic mass is 32.1. The van der Waals surface area contributed by atoms with Crippen molar-refractivity contribution < 1.29 is 5.11 Å². The summed E-state index contributed by atoms with van der Waals surface area (Å²) in [5, 5.41) is 13.5. The molecular formula is C10H18N2OS. The van der Waals surface area contributed by atoms with Crippen LogP contribution < -0.4 is 5.32 Å². The molecule has 0 amide bonds. The molecule has 2 atom stereocenters. The Balaban J connectivity index is 2.60. The van der Waals surface area contributed by atoms with E-state index in [4.69, 9.17) is 5.11 Å². The quantitative estimate of drug-likeness (QED) is 0.803. The van der Waals surface area contributed by atoms with Crippen LogP contribution in [0.1, 0.15) is 35.5 Å². The number of hydrogen-bond donors (Lipinski definition) is 2. The van der Waals surface area contributed by atoms with Crippen molar-refractivity contribution in [1.29, 1.82) is 0 Å². The zero-order valence-electron chi connectivity index (χ0n) is 9.16. The third-order valence-corrected chi connectivity index (χ3v) is 2.97. The topological polar surface area (TPSA) is 45.2 Å². The van der Waals surface area contributed by atoms with Crippen LogP contribution in [-0.4, -0.2) is 22.7 Å². The molecule has 1 aromatic heterocycles. The van der Waals surface area contributed by atoms with Crippen molar-refractivity contribution >= 4 is 11.3 Å². The second-order valence-electron chi connectivity index (χ2n) is 3.65. The van der Waals surface area contributed by atoms with Crippen LogP contribution in [0.5, 0.6) is 0 Å². The van der Waals surface area contributed by atoms with Gasteiger partial charge in [-0.1, -0.05) is 0 Å². The highest BCUT2D eigenvalue weighted by molar-refractivity contribution is 7.11. The van der Waals surface area contributed by atoms with Crippen LogP contribution in [0.2, 0.25) is 0 Å². The third-order valence-electron chi connectivity index (χ3n) is 2.07. The first kappa shape index (κ1) is 11.6. The highest BCUT2D eigenvalue weighted by Crippen LogP contribution is 2.22. The number of aliphatic hydroxyl groups is 1.